The number of thiocarbonyl (C=S) groups is 1. The monoisotopic (exact) mass is 340 g/mol. The number of benzene rings is 2. The number of anilines is 1. The van der Waals surface area contributed by atoms with Gasteiger partial charge in [0.1, 0.15) is 0 Å². The molecule has 0 heterocycles. The molecule has 0 bridgehead atoms. The predicted molar refractivity (Wildman–Crippen MR) is 109 cm³/mol. The van der Waals surface area contributed by atoms with Crippen molar-refractivity contribution in [2.75, 3.05) is 5.32 Å². The molecule has 0 fully saturated rings. The Labute approximate surface area is 151 Å². The summed E-state index contributed by atoms with van der Waals surface area (Å²) >= 11 is 5.47. The van der Waals surface area contributed by atoms with E-state index in [2.05, 4.69) is 94.6 Å². The molecule has 0 aromatic heterocycles. The van der Waals surface area contributed by atoms with E-state index in [-0.39, 0.29) is 11.5 Å². The first kappa shape index (κ1) is 18.5. The van der Waals surface area contributed by atoms with Gasteiger partial charge in [-0.25, -0.2) is 0 Å². The van der Waals surface area contributed by atoms with Crippen molar-refractivity contribution >= 4 is 23.0 Å². The fourth-order valence-electron chi connectivity index (χ4n) is 2.66. The van der Waals surface area contributed by atoms with Gasteiger partial charge in [0.15, 0.2) is 5.11 Å². The Morgan fingerprint density at radius 2 is 1.62 bits per heavy atom. The number of rotatable bonds is 3. The first-order chi connectivity index (χ1) is 11.2. The van der Waals surface area contributed by atoms with E-state index in [0.29, 0.717) is 5.11 Å². The summed E-state index contributed by atoms with van der Waals surface area (Å²) in [5, 5.41) is 7.31. The van der Waals surface area contributed by atoms with Crippen LogP contribution in [0.2, 0.25) is 0 Å². The van der Waals surface area contributed by atoms with Gasteiger partial charge >= 0.3 is 0 Å². The zero-order chi connectivity index (χ0) is 17.9. The van der Waals surface area contributed by atoms with Gasteiger partial charge in [0.25, 0.3) is 0 Å². The number of aryl methyl sites for hydroxylation is 2. The highest BCUT2D eigenvalue weighted by atomic mass is 32.1. The van der Waals surface area contributed by atoms with Crippen LogP contribution < -0.4 is 10.6 Å². The van der Waals surface area contributed by atoms with Crippen molar-refractivity contribution in [3.05, 3.63) is 64.7 Å². The largest absolute Gasteiger partial charge is 0.356 e. The summed E-state index contributed by atoms with van der Waals surface area (Å²) in [4.78, 5) is 0. The summed E-state index contributed by atoms with van der Waals surface area (Å²) in [7, 11) is 0. The van der Waals surface area contributed by atoms with Gasteiger partial charge in [-0.2, -0.15) is 0 Å². The van der Waals surface area contributed by atoms with Crippen molar-refractivity contribution in [2.45, 2.75) is 53.0 Å². The maximum atomic E-state index is 5.47. The molecule has 2 rings (SSSR count). The molecular weight excluding hydrogens is 312 g/mol. The van der Waals surface area contributed by atoms with Gasteiger partial charge < -0.3 is 10.6 Å². The van der Waals surface area contributed by atoms with Gasteiger partial charge in [0, 0.05) is 5.69 Å². The van der Waals surface area contributed by atoms with Crippen LogP contribution in [0.1, 0.15) is 56.0 Å². The van der Waals surface area contributed by atoms with Gasteiger partial charge in [0.2, 0.25) is 0 Å². The molecule has 0 spiro atoms. The van der Waals surface area contributed by atoms with E-state index in [1.165, 1.54) is 22.3 Å². The van der Waals surface area contributed by atoms with Crippen molar-refractivity contribution in [3.8, 4) is 0 Å². The van der Waals surface area contributed by atoms with Crippen molar-refractivity contribution < 1.29 is 0 Å². The molecule has 24 heavy (non-hydrogen) atoms. The number of hydrogen-bond donors (Lipinski definition) is 2. The lowest BCUT2D eigenvalue weighted by molar-refractivity contribution is 0.589. The zero-order valence-corrected chi connectivity index (χ0v) is 16.3. The molecule has 2 aromatic rings. The third-order valence-electron chi connectivity index (χ3n) is 4.25. The third-order valence-corrected chi connectivity index (χ3v) is 4.47. The summed E-state index contributed by atoms with van der Waals surface area (Å²) in [6.07, 6.45) is 0. The van der Waals surface area contributed by atoms with E-state index < -0.39 is 0 Å². The van der Waals surface area contributed by atoms with Gasteiger partial charge in [-0.3, -0.25) is 0 Å². The van der Waals surface area contributed by atoms with Crippen LogP contribution in [-0.2, 0) is 5.41 Å². The molecular formula is C21H28N2S. The van der Waals surface area contributed by atoms with E-state index >= 15 is 0 Å². The molecule has 3 heteroatoms. The Balaban J connectivity index is 2.01. The van der Waals surface area contributed by atoms with Crippen LogP contribution in [-0.4, -0.2) is 5.11 Å². The number of nitrogens with one attached hydrogen (secondary N) is 2. The van der Waals surface area contributed by atoms with Crippen LogP contribution in [0.5, 0.6) is 0 Å². The Bertz CT molecular complexity index is 712. The summed E-state index contributed by atoms with van der Waals surface area (Å²) < 4.78 is 0. The van der Waals surface area contributed by atoms with Crippen LogP contribution in [0.3, 0.4) is 0 Å². The van der Waals surface area contributed by atoms with Crippen LogP contribution in [0.25, 0.3) is 0 Å². The zero-order valence-electron chi connectivity index (χ0n) is 15.5. The highest BCUT2D eigenvalue weighted by molar-refractivity contribution is 7.80. The van der Waals surface area contributed by atoms with Crippen LogP contribution in [0, 0.1) is 13.8 Å². The van der Waals surface area contributed by atoms with Crippen molar-refractivity contribution in [1.29, 1.82) is 0 Å². The SMILES string of the molecule is Cc1ccc(NC(=S)N[C@H](C)c2ccc(C(C)(C)C)cc2)c(C)c1. The second-order valence-electron chi connectivity index (χ2n) is 7.51. The minimum absolute atomic E-state index is 0.157. The van der Waals surface area contributed by atoms with Crippen LogP contribution >= 0.6 is 12.2 Å². The molecule has 0 saturated heterocycles. The fourth-order valence-corrected chi connectivity index (χ4v) is 2.95. The average Bonchev–Trinajstić information content (AvgIpc) is 2.49. The standard InChI is InChI=1S/C21H28N2S/c1-14-7-12-19(15(2)13-14)23-20(24)22-16(3)17-8-10-18(11-9-17)21(4,5)6/h7-13,16H,1-6H3,(H2,22,23,24)/t16-/m1/s1. The van der Waals surface area contributed by atoms with Crippen molar-refractivity contribution in [3.63, 3.8) is 0 Å². The number of hydrogen-bond acceptors (Lipinski definition) is 1. The molecule has 128 valence electrons. The highest BCUT2D eigenvalue weighted by Crippen LogP contribution is 2.24. The van der Waals surface area contributed by atoms with Gasteiger partial charge in [0.05, 0.1) is 6.04 Å². The van der Waals surface area contributed by atoms with Gasteiger partial charge in [-0.1, -0.05) is 62.7 Å². The molecule has 0 radical (unpaired) electrons. The van der Waals surface area contributed by atoms with Crippen molar-refractivity contribution in [2.24, 2.45) is 0 Å². The van der Waals surface area contributed by atoms with Gasteiger partial charge in [-0.05, 0) is 61.2 Å². The summed E-state index contributed by atoms with van der Waals surface area (Å²) in [6.45, 7) is 13.0. The predicted octanol–water partition coefficient (Wildman–Crippen LogP) is 5.65. The average molecular weight is 341 g/mol. The van der Waals surface area contributed by atoms with Crippen LogP contribution in [0.15, 0.2) is 42.5 Å². The lowest BCUT2D eigenvalue weighted by Crippen LogP contribution is -2.31. The van der Waals surface area contributed by atoms with Crippen molar-refractivity contribution in [1.82, 2.24) is 5.32 Å². The third kappa shape index (κ3) is 4.81. The normalized spacial score (nSPS) is 12.6. The van der Waals surface area contributed by atoms with Crippen LogP contribution in [0.4, 0.5) is 5.69 Å². The molecule has 0 aliphatic rings. The maximum absolute atomic E-state index is 5.47. The molecule has 1 atom stereocenters. The Kier molecular flexibility index (Phi) is 5.66. The van der Waals surface area contributed by atoms with Gasteiger partial charge in [-0.15, -0.1) is 0 Å². The summed E-state index contributed by atoms with van der Waals surface area (Å²) in [6, 6.07) is 15.2. The van der Waals surface area contributed by atoms with E-state index in [4.69, 9.17) is 12.2 Å². The molecule has 0 amide bonds. The lowest BCUT2D eigenvalue weighted by atomic mass is 9.86. The second-order valence-corrected chi connectivity index (χ2v) is 7.92. The summed E-state index contributed by atoms with van der Waals surface area (Å²) in [5.74, 6) is 0. The summed E-state index contributed by atoms with van der Waals surface area (Å²) in [5.41, 5.74) is 6.25. The van der Waals surface area contributed by atoms with E-state index in [1.54, 1.807) is 0 Å². The van der Waals surface area contributed by atoms with E-state index in [1.807, 2.05) is 0 Å². The molecule has 0 saturated carbocycles. The Morgan fingerprint density at radius 1 is 1.00 bits per heavy atom. The highest BCUT2D eigenvalue weighted by Gasteiger charge is 2.14. The second kappa shape index (κ2) is 7.35. The molecule has 2 nitrogen and oxygen atoms in total. The minimum atomic E-state index is 0.157. The Hall–Kier alpha value is -1.87. The van der Waals surface area contributed by atoms with E-state index in [9.17, 15) is 0 Å². The Morgan fingerprint density at radius 3 is 2.17 bits per heavy atom. The smallest absolute Gasteiger partial charge is 0.171 e. The molecule has 0 unspecified atom stereocenters. The van der Waals surface area contributed by atoms with E-state index in [0.717, 1.165) is 5.69 Å². The molecule has 2 aromatic carbocycles. The quantitative estimate of drug-likeness (QED) is 0.706. The molecule has 0 aliphatic carbocycles. The lowest BCUT2D eigenvalue weighted by Gasteiger charge is -2.21. The first-order valence-electron chi connectivity index (χ1n) is 8.42. The minimum Gasteiger partial charge on any atom is -0.356 e. The topological polar surface area (TPSA) is 24.1 Å². The molecule has 0 aliphatic heterocycles. The fraction of sp³-hybridized carbons (Fsp3) is 0.381. The molecule has 2 N–H and O–H groups in total. The first-order valence-corrected chi connectivity index (χ1v) is 8.83. The maximum Gasteiger partial charge on any atom is 0.171 e.